The molecule has 1 atom stereocenters. The van der Waals surface area contributed by atoms with E-state index in [1.165, 1.54) is 11.0 Å². The van der Waals surface area contributed by atoms with Crippen LogP contribution in [0.3, 0.4) is 0 Å². The summed E-state index contributed by atoms with van der Waals surface area (Å²) in [7, 11) is 0. The average Bonchev–Trinajstić information content (AvgIpc) is 2.70. The van der Waals surface area contributed by atoms with E-state index < -0.39 is 6.10 Å². The van der Waals surface area contributed by atoms with Crippen LogP contribution in [0.1, 0.15) is 18.9 Å². The number of carbonyl (C=O) groups excluding carboxylic acids is 2. The Bertz CT molecular complexity index is 934. The first-order valence-corrected chi connectivity index (χ1v) is 10.1. The molecular formula is C22H22BrFN2O3. The Balaban J connectivity index is 1.73. The van der Waals surface area contributed by atoms with Crippen LogP contribution in [0.4, 0.5) is 10.1 Å². The van der Waals surface area contributed by atoms with Crippen LogP contribution in [0.25, 0.3) is 0 Å². The maximum Gasteiger partial charge on any atom is 0.267 e. The highest BCUT2D eigenvalue weighted by Gasteiger charge is 2.31. The standard InChI is InChI=1S/C22H22BrFN2O3/c1-3-11-25(14-16-13-17(23)8-9-18(16)24)21(27)10-12-26-19-6-4-5-7-20(19)29-15(2)22(26)28/h3-9,13,15H,1,10-12,14H2,2H3. The summed E-state index contributed by atoms with van der Waals surface area (Å²) in [6.07, 6.45) is 1.10. The second-order valence-corrected chi connectivity index (χ2v) is 7.68. The molecule has 0 bridgehead atoms. The highest BCUT2D eigenvalue weighted by atomic mass is 79.9. The molecule has 1 aliphatic heterocycles. The van der Waals surface area contributed by atoms with E-state index in [9.17, 15) is 14.0 Å². The fourth-order valence-electron chi connectivity index (χ4n) is 3.24. The Morgan fingerprint density at radius 3 is 2.86 bits per heavy atom. The normalized spacial score (nSPS) is 15.5. The van der Waals surface area contributed by atoms with E-state index in [1.807, 2.05) is 12.1 Å². The third kappa shape index (κ3) is 4.85. The van der Waals surface area contributed by atoms with Crippen molar-refractivity contribution in [2.24, 2.45) is 0 Å². The quantitative estimate of drug-likeness (QED) is 0.578. The Labute approximate surface area is 177 Å². The van der Waals surface area contributed by atoms with E-state index in [0.717, 1.165) is 4.47 Å². The summed E-state index contributed by atoms with van der Waals surface area (Å²) in [6, 6.07) is 11.9. The molecule has 2 aromatic carbocycles. The van der Waals surface area contributed by atoms with Gasteiger partial charge in [0, 0.05) is 36.1 Å². The molecule has 0 spiro atoms. The number of benzene rings is 2. The lowest BCUT2D eigenvalue weighted by atomic mass is 10.1. The Morgan fingerprint density at radius 2 is 2.10 bits per heavy atom. The average molecular weight is 461 g/mol. The number of halogens is 2. The summed E-state index contributed by atoms with van der Waals surface area (Å²) in [5, 5.41) is 0. The zero-order valence-corrected chi connectivity index (χ0v) is 17.7. The summed E-state index contributed by atoms with van der Waals surface area (Å²) in [5.41, 5.74) is 1.06. The molecule has 29 heavy (non-hydrogen) atoms. The molecule has 5 nitrogen and oxygen atoms in total. The molecule has 0 radical (unpaired) electrons. The van der Waals surface area contributed by atoms with Gasteiger partial charge in [-0.25, -0.2) is 4.39 Å². The third-order valence-electron chi connectivity index (χ3n) is 4.69. The van der Waals surface area contributed by atoms with Gasteiger partial charge in [0.1, 0.15) is 11.6 Å². The zero-order valence-electron chi connectivity index (χ0n) is 16.1. The first-order valence-electron chi connectivity index (χ1n) is 9.30. The van der Waals surface area contributed by atoms with Gasteiger partial charge in [-0.1, -0.05) is 34.1 Å². The molecule has 0 saturated carbocycles. The predicted octanol–water partition coefficient (Wildman–Crippen LogP) is 4.31. The number of nitrogens with zero attached hydrogens (tertiary/aromatic N) is 2. The number of hydrogen-bond donors (Lipinski definition) is 0. The molecule has 0 aromatic heterocycles. The Hall–Kier alpha value is -2.67. The van der Waals surface area contributed by atoms with Crippen LogP contribution in [0.2, 0.25) is 0 Å². The minimum atomic E-state index is -0.611. The molecule has 7 heteroatoms. The lowest BCUT2D eigenvalue weighted by Gasteiger charge is -2.33. The number of anilines is 1. The van der Waals surface area contributed by atoms with Gasteiger partial charge < -0.3 is 14.5 Å². The summed E-state index contributed by atoms with van der Waals surface area (Å²) in [4.78, 5) is 28.5. The molecule has 2 aromatic rings. The van der Waals surface area contributed by atoms with Gasteiger partial charge in [0.15, 0.2) is 6.10 Å². The van der Waals surface area contributed by atoms with Gasteiger partial charge >= 0.3 is 0 Å². The maximum absolute atomic E-state index is 14.1. The van der Waals surface area contributed by atoms with Crippen LogP contribution in [0.15, 0.2) is 59.6 Å². The molecule has 1 unspecified atom stereocenters. The first kappa shape index (κ1) is 21.0. The van der Waals surface area contributed by atoms with Crippen LogP contribution < -0.4 is 9.64 Å². The molecule has 1 aliphatic rings. The molecule has 0 aliphatic carbocycles. The van der Waals surface area contributed by atoms with E-state index in [0.29, 0.717) is 17.0 Å². The number of ether oxygens (including phenoxy) is 1. The van der Waals surface area contributed by atoms with E-state index >= 15 is 0 Å². The number of carbonyl (C=O) groups is 2. The van der Waals surface area contributed by atoms with Crippen molar-refractivity contribution >= 4 is 33.4 Å². The van der Waals surface area contributed by atoms with E-state index in [2.05, 4.69) is 22.5 Å². The third-order valence-corrected chi connectivity index (χ3v) is 5.19. The summed E-state index contributed by atoms with van der Waals surface area (Å²) >= 11 is 3.33. The Morgan fingerprint density at radius 1 is 1.34 bits per heavy atom. The van der Waals surface area contributed by atoms with Gasteiger partial charge in [-0.3, -0.25) is 9.59 Å². The fourth-order valence-corrected chi connectivity index (χ4v) is 3.64. The number of hydrogen-bond acceptors (Lipinski definition) is 3. The highest BCUT2D eigenvalue weighted by Crippen LogP contribution is 2.33. The minimum Gasteiger partial charge on any atom is -0.479 e. The van der Waals surface area contributed by atoms with Crippen molar-refractivity contribution < 1.29 is 18.7 Å². The van der Waals surface area contributed by atoms with Gasteiger partial charge in [-0.2, -0.15) is 0 Å². The topological polar surface area (TPSA) is 49.9 Å². The Kier molecular flexibility index (Phi) is 6.69. The molecule has 0 N–H and O–H groups in total. The van der Waals surface area contributed by atoms with Gasteiger partial charge in [-0.05, 0) is 37.3 Å². The van der Waals surface area contributed by atoms with Crippen molar-refractivity contribution in [2.45, 2.75) is 26.0 Å². The van der Waals surface area contributed by atoms with Crippen LogP contribution in [0.5, 0.6) is 5.75 Å². The second kappa shape index (κ2) is 9.22. The van der Waals surface area contributed by atoms with Crippen molar-refractivity contribution in [3.05, 3.63) is 71.0 Å². The minimum absolute atomic E-state index is 0.107. The molecule has 0 fully saturated rings. The van der Waals surface area contributed by atoms with Crippen LogP contribution in [-0.2, 0) is 16.1 Å². The second-order valence-electron chi connectivity index (χ2n) is 6.77. The molecular weight excluding hydrogens is 439 g/mol. The predicted molar refractivity (Wildman–Crippen MR) is 113 cm³/mol. The van der Waals surface area contributed by atoms with Gasteiger partial charge in [0.2, 0.25) is 5.91 Å². The molecule has 2 amide bonds. The van der Waals surface area contributed by atoms with Gasteiger partial charge in [0.25, 0.3) is 5.91 Å². The van der Waals surface area contributed by atoms with E-state index in [1.54, 1.807) is 42.2 Å². The maximum atomic E-state index is 14.1. The van der Waals surface area contributed by atoms with Crippen molar-refractivity contribution in [1.29, 1.82) is 0 Å². The lowest BCUT2D eigenvalue weighted by molar-refractivity contribution is -0.131. The van der Waals surface area contributed by atoms with Crippen LogP contribution in [0, 0.1) is 5.82 Å². The van der Waals surface area contributed by atoms with Crippen molar-refractivity contribution in [1.82, 2.24) is 4.90 Å². The monoisotopic (exact) mass is 460 g/mol. The van der Waals surface area contributed by atoms with Crippen LogP contribution in [-0.4, -0.2) is 35.9 Å². The molecule has 0 saturated heterocycles. The highest BCUT2D eigenvalue weighted by molar-refractivity contribution is 9.10. The van der Waals surface area contributed by atoms with Crippen molar-refractivity contribution in [3.63, 3.8) is 0 Å². The summed E-state index contributed by atoms with van der Waals surface area (Å²) in [6.45, 7) is 6.01. The van der Waals surface area contributed by atoms with Gasteiger partial charge in [-0.15, -0.1) is 6.58 Å². The number of rotatable bonds is 7. The molecule has 3 rings (SSSR count). The van der Waals surface area contributed by atoms with E-state index in [4.69, 9.17) is 4.74 Å². The lowest BCUT2D eigenvalue weighted by Crippen LogP contribution is -2.46. The van der Waals surface area contributed by atoms with Gasteiger partial charge in [0.05, 0.1) is 5.69 Å². The number of fused-ring (bicyclic) bond motifs is 1. The molecule has 1 heterocycles. The molecule has 152 valence electrons. The number of amides is 2. The van der Waals surface area contributed by atoms with Crippen LogP contribution >= 0.6 is 15.9 Å². The first-order chi connectivity index (χ1) is 13.9. The summed E-state index contributed by atoms with van der Waals surface area (Å²) < 4.78 is 20.5. The fraction of sp³-hybridized carbons (Fsp3) is 0.273. The summed E-state index contributed by atoms with van der Waals surface area (Å²) in [5.74, 6) is -0.133. The zero-order chi connectivity index (χ0) is 21.0. The van der Waals surface area contributed by atoms with Crippen molar-refractivity contribution in [2.75, 3.05) is 18.0 Å². The smallest absolute Gasteiger partial charge is 0.267 e. The SMILES string of the molecule is C=CCN(Cc1cc(Br)ccc1F)C(=O)CCN1C(=O)C(C)Oc2ccccc21. The van der Waals surface area contributed by atoms with E-state index in [-0.39, 0.29) is 43.7 Å². The van der Waals surface area contributed by atoms with Crippen molar-refractivity contribution in [3.8, 4) is 5.75 Å². The number of para-hydroxylation sites is 2. The largest absolute Gasteiger partial charge is 0.479 e.